The second kappa shape index (κ2) is 9.33. The molecule has 0 bridgehead atoms. The minimum atomic E-state index is 0.702. The Kier molecular flexibility index (Phi) is 5.76. The third-order valence-electron chi connectivity index (χ3n) is 4.84. The first-order valence-corrected chi connectivity index (χ1v) is 10.6. The summed E-state index contributed by atoms with van der Waals surface area (Å²) < 4.78 is 0. The maximum atomic E-state index is 4.33. The average Bonchev–Trinajstić information content (AvgIpc) is 2.95. The number of fused-ring (bicyclic) bond motifs is 9. The van der Waals surface area contributed by atoms with Crippen LogP contribution < -0.4 is 0 Å². The third-order valence-corrected chi connectivity index (χ3v) is 4.84. The number of benzene rings is 2. The molecule has 164 valence electrons. The van der Waals surface area contributed by atoms with Gasteiger partial charge in [-0.25, -0.2) is 0 Å². The Bertz CT molecular complexity index is 1480. The van der Waals surface area contributed by atoms with Crippen molar-refractivity contribution in [3.63, 3.8) is 0 Å². The second-order valence-corrected chi connectivity index (χ2v) is 6.67. The van der Waals surface area contributed by atoms with E-state index < -0.39 is 0 Å². The van der Waals surface area contributed by atoms with Gasteiger partial charge in [0.2, 0.25) is 0 Å². The van der Waals surface area contributed by atoms with Gasteiger partial charge >= 0.3 is 0 Å². The molecule has 0 radical (unpaired) electrons. The molecule has 5 heterocycles. The molecule has 7 rings (SSSR count). The van der Waals surface area contributed by atoms with Gasteiger partial charge in [-0.2, -0.15) is 0 Å². The normalized spacial score (nSPS) is 10.6. The van der Waals surface area contributed by atoms with Crippen LogP contribution in [0.15, 0.2) is 74.1 Å². The molecule has 0 amide bonds. The van der Waals surface area contributed by atoms with Gasteiger partial charge < -0.3 is 0 Å². The van der Waals surface area contributed by atoms with Crippen molar-refractivity contribution in [2.75, 3.05) is 0 Å². The number of aromatic nitrogens is 10. The van der Waals surface area contributed by atoms with E-state index in [2.05, 4.69) is 49.8 Å². The van der Waals surface area contributed by atoms with Crippen molar-refractivity contribution in [3.05, 3.63) is 74.1 Å². The molecule has 7 aromatic rings. The number of hydrogen-bond donors (Lipinski definition) is 0. The molecular weight excluding hydrogens is 428 g/mol. The van der Waals surface area contributed by atoms with Crippen molar-refractivity contribution in [2.45, 2.75) is 13.8 Å². The van der Waals surface area contributed by atoms with Gasteiger partial charge in [-0.15, -0.1) is 0 Å². The first-order chi connectivity index (χ1) is 16.9. The maximum absolute atomic E-state index is 4.33. The Morgan fingerprint density at radius 3 is 0.765 bits per heavy atom. The van der Waals surface area contributed by atoms with E-state index in [0.29, 0.717) is 33.1 Å². The van der Waals surface area contributed by atoms with Gasteiger partial charge in [-0.3, -0.25) is 49.8 Å². The van der Waals surface area contributed by atoms with Crippen LogP contribution in [0.4, 0.5) is 0 Å². The van der Waals surface area contributed by atoms with Crippen LogP contribution in [0.2, 0.25) is 0 Å². The van der Waals surface area contributed by atoms with E-state index in [0.717, 1.165) is 22.1 Å². The molecule has 5 aromatic heterocycles. The predicted molar refractivity (Wildman–Crippen MR) is 130 cm³/mol. The lowest BCUT2D eigenvalue weighted by molar-refractivity contribution is 1.24. The summed E-state index contributed by atoms with van der Waals surface area (Å²) >= 11 is 0. The van der Waals surface area contributed by atoms with Crippen LogP contribution >= 0.6 is 0 Å². The third kappa shape index (κ3) is 3.66. The molecule has 0 saturated heterocycles. The van der Waals surface area contributed by atoms with Gasteiger partial charge in [0, 0.05) is 62.0 Å². The Morgan fingerprint density at radius 1 is 0.294 bits per heavy atom. The summed E-state index contributed by atoms with van der Waals surface area (Å²) in [6.45, 7) is 4.00. The summed E-state index contributed by atoms with van der Waals surface area (Å²) in [6, 6.07) is 3.80. The maximum Gasteiger partial charge on any atom is 0.119 e. The average molecular weight is 446 g/mol. The van der Waals surface area contributed by atoms with Crippen molar-refractivity contribution < 1.29 is 0 Å². The Hall–Kier alpha value is -4.86. The summed E-state index contributed by atoms with van der Waals surface area (Å²) in [6.07, 6.45) is 16.5. The summed E-state index contributed by atoms with van der Waals surface area (Å²) in [4.78, 5) is 42.9. The van der Waals surface area contributed by atoms with Crippen molar-refractivity contribution in [1.82, 2.24) is 49.8 Å². The lowest BCUT2D eigenvalue weighted by Crippen LogP contribution is -1.94. The van der Waals surface area contributed by atoms with Crippen LogP contribution in [0.3, 0.4) is 0 Å². The fourth-order valence-electron chi connectivity index (χ4n) is 3.52. The van der Waals surface area contributed by atoms with E-state index in [1.54, 1.807) is 62.0 Å². The van der Waals surface area contributed by atoms with Crippen LogP contribution in [0, 0.1) is 0 Å². The molecule has 10 heteroatoms. The van der Waals surface area contributed by atoms with Crippen LogP contribution in [-0.4, -0.2) is 49.8 Å². The van der Waals surface area contributed by atoms with Crippen molar-refractivity contribution in [1.29, 1.82) is 0 Å². The Morgan fingerprint density at radius 2 is 0.500 bits per heavy atom. The molecule has 0 aliphatic heterocycles. The summed E-state index contributed by atoms with van der Waals surface area (Å²) in [5.74, 6) is 0. The molecule has 0 atom stereocenters. The van der Waals surface area contributed by atoms with Gasteiger partial charge in [0.05, 0.1) is 11.0 Å². The highest BCUT2D eigenvalue weighted by Gasteiger charge is 2.13. The highest BCUT2D eigenvalue weighted by molar-refractivity contribution is 6.17. The van der Waals surface area contributed by atoms with Gasteiger partial charge in [-0.1, -0.05) is 13.8 Å². The van der Waals surface area contributed by atoms with Crippen LogP contribution in [0.5, 0.6) is 0 Å². The molecule has 34 heavy (non-hydrogen) atoms. The van der Waals surface area contributed by atoms with Gasteiger partial charge in [0.15, 0.2) is 0 Å². The molecule has 0 N–H and O–H groups in total. The summed E-state index contributed by atoms with van der Waals surface area (Å²) in [5, 5.41) is 0. The molecule has 0 aliphatic carbocycles. The fourth-order valence-corrected chi connectivity index (χ4v) is 3.52. The molecule has 10 nitrogen and oxygen atoms in total. The quantitative estimate of drug-likeness (QED) is 0.314. The zero-order chi connectivity index (χ0) is 23.3. The Balaban J connectivity index is 0.000000136. The topological polar surface area (TPSA) is 129 Å². The minimum absolute atomic E-state index is 0.702. The van der Waals surface area contributed by atoms with Gasteiger partial charge in [0.25, 0.3) is 0 Å². The molecule has 0 spiro atoms. The van der Waals surface area contributed by atoms with Crippen LogP contribution in [0.1, 0.15) is 13.8 Å². The summed E-state index contributed by atoms with van der Waals surface area (Å²) in [5.41, 5.74) is 7.52. The van der Waals surface area contributed by atoms with Crippen molar-refractivity contribution in [3.8, 4) is 0 Å². The first kappa shape index (κ1) is 21.0. The van der Waals surface area contributed by atoms with Crippen LogP contribution in [-0.2, 0) is 0 Å². The molecule has 0 aliphatic rings. The first-order valence-electron chi connectivity index (χ1n) is 10.6. The minimum Gasteiger partial charge on any atom is -0.253 e. The second-order valence-electron chi connectivity index (χ2n) is 6.67. The molecular formula is C24H18N10. The van der Waals surface area contributed by atoms with Gasteiger partial charge in [0.1, 0.15) is 44.1 Å². The zero-order valence-electron chi connectivity index (χ0n) is 18.4. The van der Waals surface area contributed by atoms with E-state index >= 15 is 0 Å². The lowest BCUT2D eigenvalue weighted by Gasteiger charge is -2.04. The van der Waals surface area contributed by atoms with E-state index in [1.807, 2.05) is 26.0 Å². The van der Waals surface area contributed by atoms with Crippen molar-refractivity contribution >= 4 is 55.2 Å². The summed E-state index contributed by atoms with van der Waals surface area (Å²) in [7, 11) is 0. The number of hydrogen-bond acceptors (Lipinski definition) is 10. The highest BCUT2D eigenvalue weighted by Crippen LogP contribution is 2.26. The molecule has 2 aromatic carbocycles. The van der Waals surface area contributed by atoms with E-state index in [9.17, 15) is 0 Å². The standard InChI is InChI=1S/C12H6N6.C10H6N4.C2H6/c1-2-14-8-7(13-1)9-11(17-4-3-15-9)12-10(8)16-5-6-18-12;1-2-8-10(14-6-4-12-8)9-7(1)11-3-5-13-9;1-2/h1-6H;1-6H;1-2H3. The largest absolute Gasteiger partial charge is 0.253 e. The molecule has 0 fully saturated rings. The monoisotopic (exact) mass is 446 g/mol. The SMILES string of the molecule is CC.c1cnc2c(ccc3nccnc32)n1.c1cnc2c(n1)c1nccnc1c1nccnc21. The van der Waals surface area contributed by atoms with E-state index in [-0.39, 0.29) is 0 Å². The number of rotatable bonds is 0. The predicted octanol–water partition coefficient (Wildman–Crippen LogP) is 4.12. The van der Waals surface area contributed by atoms with Crippen molar-refractivity contribution in [2.24, 2.45) is 0 Å². The molecule has 0 unspecified atom stereocenters. The zero-order valence-corrected chi connectivity index (χ0v) is 18.4. The number of nitrogens with zero attached hydrogens (tertiary/aromatic N) is 10. The Labute approximate surface area is 193 Å². The van der Waals surface area contributed by atoms with Crippen LogP contribution in [0.25, 0.3) is 55.2 Å². The lowest BCUT2D eigenvalue weighted by atomic mass is 10.2. The smallest absolute Gasteiger partial charge is 0.119 e. The fraction of sp³-hybridized carbons (Fsp3) is 0.0833. The van der Waals surface area contributed by atoms with E-state index in [1.165, 1.54) is 0 Å². The van der Waals surface area contributed by atoms with E-state index in [4.69, 9.17) is 0 Å². The highest BCUT2D eigenvalue weighted by atomic mass is 14.9. The molecule has 0 saturated carbocycles. The van der Waals surface area contributed by atoms with Gasteiger partial charge in [-0.05, 0) is 12.1 Å².